The van der Waals surface area contributed by atoms with Gasteiger partial charge in [0.1, 0.15) is 5.75 Å². The van der Waals surface area contributed by atoms with E-state index in [1.807, 2.05) is 13.8 Å². The molecule has 1 heterocycles. The molecule has 0 aliphatic carbocycles. The first kappa shape index (κ1) is 16.1. The molecular weight excluding hydrogens is 285 g/mol. The molecule has 1 unspecified atom stereocenters. The Labute approximate surface area is 121 Å². The fourth-order valence-corrected chi connectivity index (χ4v) is 2.79. The summed E-state index contributed by atoms with van der Waals surface area (Å²) in [6, 6.07) is 5.61. The van der Waals surface area contributed by atoms with Gasteiger partial charge in [0.2, 0.25) is 0 Å². The predicted octanol–water partition coefficient (Wildman–Crippen LogP) is 3.45. The van der Waals surface area contributed by atoms with E-state index in [0.29, 0.717) is 25.9 Å². The molecule has 2 rings (SSSR count). The molecule has 118 valence electrons. The van der Waals surface area contributed by atoms with Crippen molar-refractivity contribution >= 4 is 0 Å². The molecule has 21 heavy (non-hydrogen) atoms. The number of ether oxygens (including phenoxy) is 2. The lowest BCUT2D eigenvalue weighted by Gasteiger charge is -2.41. The van der Waals surface area contributed by atoms with Crippen LogP contribution in [0.1, 0.15) is 32.3 Å². The van der Waals surface area contributed by atoms with Crippen LogP contribution in [0, 0.1) is 0 Å². The van der Waals surface area contributed by atoms with Crippen molar-refractivity contribution in [2.24, 2.45) is 0 Å². The Kier molecular flexibility index (Phi) is 4.22. The maximum absolute atomic E-state index is 12.1. The van der Waals surface area contributed by atoms with Crippen LogP contribution in [0.3, 0.4) is 0 Å². The maximum Gasteiger partial charge on any atom is 0.573 e. The summed E-state index contributed by atoms with van der Waals surface area (Å²) in [5, 5.41) is 10.6. The molecular formula is C15H19F3O3. The third-order valence-electron chi connectivity index (χ3n) is 3.51. The molecule has 1 aliphatic rings. The predicted molar refractivity (Wildman–Crippen MR) is 71.0 cm³/mol. The van der Waals surface area contributed by atoms with Gasteiger partial charge in [0, 0.05) is 12.8 Å². The molecule has 0 amide bonds. The second-order valence-electron chi connectivity index (χ2n) is 6.13. The number of rotatable bonds is 3. The van der Waals surface area contributed by atoms with Crippen molar-refractivity contribution in [2.75, 3.05) is 6.61 Å². The van der Waals surface area contributed by atoms with Crippen molar-refractivity contribution < 1.29 is 27.8 Å². The molecule has 1 aromatic carbocycles. The highest BCUT2D eigenvalue weighted by atomic mass is 19.4. The van der Waals surface area contributed by atoms with Gasteiger partial charge in [-0.15, -0.1) is 13.2 Å². The second kappa shape index (κ2) is 5.50. The first-order valence-corrected chi connectivity index (χ1v) is 6.78. The largest absolute Gasteiger partial charge is 0.573 e. The third-order valence-corrected chi connectivity index (χ3v) is 3.51. The average molecular weight is 304 g/mol. The Morgan fingerprint density at radius 1 is 1.24 bits per heavy atom. The highest BCUT2D eigenvalue weighted by Gasteiger charge is 2.39. The van der Waals surface area contributed by atoms with Gasteiger partial charge in [0.05, 0.1) is 17.8 Å². The van der Waals surface area contributed by atoms with E-state index in [-0.39, 0.29) is 5.75 Å². The van der Waals surface area contributed by atoms with E-state index in [4.69, 9.17) is 4.74 Å². The summed E-state index contributed by atoms with van der Waals surface area (Å²) in [6.07, 6.45) is -3.31. The number of halogens is 3. The van der Waals surface area contributed by atoms with Crippen LogP contribution in [-0.4, -0.2) is 29.3 Å². The fraction of sp³-hybridized carbons (Fsp3) is 0.600. The van der Waals surface area contributed by atoms with Crippen LogP contribution in [0.25, 0.3) is 0 Å². The first-order valence-electron chi connectivity index (χ1n) is 6.78. The first-order chi connectivity index (χ1) is 9.57. The Bertz CT molecular complexity index is 482. The van der Waals surface area contributed by atoms with Crippen molar-refractivity contribution in [3.8, 4) is 5.75 Å². The minimum Gasteiger partial charge on any atom is -0.406 e. The minimum absolute atomic E-state index is 0.259. The zero-order valence-electron chi connectivity index (χ0n) is 12.0. The molecule has 6 heteroatoms. The van der Waals surface area contributed by atoms with Crippen LogP contribution in [0.5, 0.6) is 5.75 Å². The molecule has 0 bridgehead atoms. The third kappa shape index (κ3) is 4.89. The molecule has 0 radical (unpaired) electrons. The van der Waals surface area contributed by atoms with Crippen LogP contribution < -0.4 is 4.74 Å². The fourth-order valence-electron chi connectivity index (χ4n) is 2.79. The van der Waals surface area contributed by atoms with Crippen LogP contribution in [0.4, 0.5) is 13.2 Å². The Balaban J connectivity index is 2.03. The Hall–Kier alpha value is -1.27. The van der Waals surface area contributed by atoms with E-state index in [9.17, 15) is 18.3 Å². The quantitative estimate of drug-likeness (QED) is 0.929. The summed E-state index contributed by atoms with van der Waals surface area (Å²) in [6.45, 7) is 4.30. The van der Waals surface area contributed by atoms with Crippen molar-refractivity contribution in [1.29, 1.82) is 0 Å². The number of aliphatic hydroxyl groups is 1. The summed E-state index contributed by atoms with van der Waals surface area (Å²) in [5.41, 5.74) is -0.523. The summed E-state index contributed by atoms with van der Waals surface area (Å²) in [4.78, 5) is 0. The van der Waals surface area contributed by atoms with Crippen LogP contribution in [-0.2, 0) is 11.2 Å². The van der Waals surface area contributed by atoms with E-state index >= 15 is 0 Å². The topological polar surface area (TPSA) is 38.7 Å². The molecule has 1 N–H and O–H groups in total. The second-order valence-corrected chi connectivity index (χ2v) is 6.13. The summed E-state index contributed by atoms with van der Waals surface area (Å²) in [7, 11) is 0. The van der Waals surface area contributed by atoms with Gasteiger partial charge in [0.15, 0.2) is 0 Å². The monoisotopic (exact) mass is 304 g/mol. The average Bonchev–Trinajstić information content (AvgIpc) is 2.27. The van der Waals surface area contributed by atoms with Gasteiger partial charge in [-0.1, -0.05) is 12.1 Å². The number of hydrogen-bond acceptors (Lipinski definition) is 3. The van der Waals surface area contributed by atoms with E-state index in [1.165, 1.54) is 12.1 Å². The van der Waals surface area contributed by atoms with Crippen LogP contribution >= 0.6 is 0 Å². The molecule has 1 saturated heterocycles. The van der Waals surface area contributed by atoms with Crippen LogP contribution in [0.15, 0.2) is 24.3 Å². The highest BCUT2D eigenvalue weighted by molar-refractivity contribution is 5.28. The van der Waals surface area contributed by atoms with E-state index in [1.54, 1.807) is 12.1 Å². The molecule has 1 fully saturated rings. The highest BCUT2D eigenvalue weighted by Crippen LogP contribution is 2.34. The molecule has 0 aromatic heterocycles. The summed E-state index contributed by atoms with van der Waals surface area (Å²) < 4.78 is 45.6. The van der Waals surface area contributed by atoms with Crippen molar-refractivity contribution in [1.82, 2.24) is 0 Å². The van der Waals surface area contributed by atoms with Gasteiger partial charge in [-0.3, -0.25) is 0 Å². The van der Waals surface area contributed by atoms with Crippen LogP contribution in [0.2, 0.25) is 0 Å². The van der Waals surface area contributed by atoms with Gasteiger partial charge in [-0.2, -0.15) is 0 Å². The zero-order valence-corrected chi connectivity index (χ0v) is 12.0. The van der Waals surface area contributed by atoms with Gasteiger partial charge >= 0.3 is 6.36 Å². The van der Waals surface area contributed by atoms with Crippen molar-refractivity contribution in [3.63, 3.8) is 0 Å². The molecule has 1 atom stereocenters. The molecule has 0 spiro atoms. The molecule has 1 aliphatic heterocycles. The van der Waals surface area contributed by atoms with Crippen molar-refractivity contribution in [2.45, 2.75) is 50.7 Å². The number of alkyl halides is 3. The summed E-state index contributed by atoms with van der Waals surface area (Å²) in [5.74, 6) is -0.259. The number of hydrogen-bond donors (Lipinski definition) is 1. The summed E-state index contributed by atoms with van der Waals surface area (Å²) >= 11 is 0. The van der Waals surface area contributed by atoms with E-state index in [0.717, 1.165) is 5.56 Å². The Morgan fingerprint density at radius 3 is 2.38 bits per heavy atom. The smallest absolute Gasteiger partial charge is 0.406 e. The minimum atomic E-state index is -4.69. The normalized spacial score (nSPS) is 25.6. The lowest BCUT2D eigenvalue weighted by atomic mass is 9.80. The Morgan fingerprint density at radius 2 is 1.86 bits per heavy atom. The van der Waals surface area contributed by atoms with Gasteiger partial charge in [0.25, 0.3) is 0 Å². The molecule has 0 saturated carbocycles. The SMILES string of the molecule is CC1(C)CC(O)(Cc2ccc(OC(F)(F)F)cc2)CCO1. The van der Waals surface area contributed by atoms with E-state index < -0.39 is 17.6 Å². The number of benzene rings is 1. The maximum atomic E-state index is 12.1. The van der Waals surface area contributed by atoms with Gasteiger partial charge < -0.3 is 14.6 Å². The lowest BCUT2D eigenvalue weighted by molar-refractivity contribution is -0.274. The lowest BCUT2D eigenvalue weighted by Crippen LogP contribution is -2.47. The standard InChI is InChI=1S/C15H19F3O3/c1-13(2)10-14(19,7-8-20-13)9-11-3-5-12(6-4-11)21-15(16,17)18/h3-6,19H,7-10H2,1-2H3. The van der Waals surface area contributed by atoms with E-state index in [2.05, 4.69) is 4.74 Å². The van der Waals surface area contributed by atoms with Crippen molar-refractivity contribution in [3.05, 3.63) is 29.8 Å². The molecule has 1 aromatic rings. The zero-order chi connectivity index (χ0) is 15.7. The van der Waals surface area contributed by atoms with Gasteiger partial charge in [-0.25, -0.2) is 0 Å². The molecule has 3 nitrogen and oxygen atoms in total. The van der Waals surface area contributed by atoms with Gasteiger partial charge in [-0.05, 0) is 38.0 Å².